The summed E-state index contributed by atoms with van der Waals surface area (Å²) >= 11 is 0. The summed E-state index contributed by atoms with van der Waals surface area (Å²) in [6.07, 6.45) is 3.09. The number of rotatable bonds is 4. The van der Waals surface area contributed by atoms with Gasteiger partial charge >= 0.3 is 5.97 Å². The molecule has 0 unspecified atom stereocenters. The number of nitrogens with zero attached hydrogens (tertiary/aromatic N) is 1. The van der Waals surface area contributed by atoms with Crippen molar-refractivity contribution in [3.8, 4) is 0 Å². The summed E-state index contributed by atoms with van der Waals surface area (Å²) in [6.45, 7) is 0.400. The SMILES string of the molecule is NCc1cccc(C2(CC(=O)O)CCC2)n1. The molecule has 0 bridgehead atoms. The summed E-state index contributed by atoms with van der Waals surface area (Å²) in [7, 11) is 0. The summed E-state index contributed by atoms with van der Waals surface area (Å²) in [5.41, 5.74) is 7.03. The van der Waals surface area contributed by atoms with Gasteiger partial charge in [-0.2, -0.15) is 0 Å². The first-order valence-electron chi connectivity index (χ1n) is 5.54. The van der Waals surface area contributed by atoms with Crippen LogP contribution in [0.4, 0.5) is 0 Å². The first-order valence-corrected chi connectivity index (χ1v) is 5.54. The van der Waals surface area contributed by atoms with Crippen LogP contribution < -0.4 is 5.73 Å². The number of aliphatic carboxylic acids is 1. The van der Waals surface area contributed by atoms with Crippen LogP contribution in [0.15, 0.2) is 18.2 Å². The van der Waals surface area contributed by atoms with Crippen LogP contribution in [-0.4, -0.2) is 16.1 Å². The maximum Gasteiger partial charge on any atom is 0.304 e. The maximum atomic E-state index is 10.9. The minimum atomic E-state index is -0.750. The average Bonchev–Trinajstić information content (AvgIpc) is 2.23. The van der Waals surface area contributed by atoms with E-state index >= 15 is 0 Å². The molecule has 1 heterocycles. The van der Waals surface area contributed by atoms with E-state index < -0.39 is 5.97 Å². The molecule has 1 saturated carbocycles. The monoisotopic (exact) mass is 220 g/mol. The van der Waals surface area contributed by atoms with Gasteiger partial charge in [0.15, 0.2) is 0 Å². The molecule has 1 aromatic rings. The molecule has 0 aliphatic heterocycles. The van der Waals surface area contributed by atoms with E-state index in [0.29, 0.717) is 6.54 Å². The van der Waals surface area contributed by atoms with Gasteiger partial charge in [-0.3, -0.25) is 9.78 Å². The Balaban J connectivity index is 2.29. The van der Waals surface area contributed by atoms with Crippen LogP contribution in [0.25, 0.3) is 0 Å². The lowest BCUT2D eigenvalue weighted by Crippen LogP contribution is -2.37. The van der Waals surface area contributed by atoms with E-state index in [2.05, 4.69) is 4.98 Å². The van der Waals surface area contributed by atoms with Crippen molar-refractivity contribution in [2.24, 2.45) is 5.73 Å². The van der Waals surface area contributed by atoms with E-state index in [4.69, 9.17) is 10.8 Å². The molecule has 4 nitrogen and oxygen atoms in total. The number of hydrogen-bond donors (Lipinski definition) is 2. The molecular weight excluding hydrogens is 204 g/mol. The van der Waals surface area contributed by atoms with Gasteiger partial charge in [0.2, 0.25) is 0 Å². The van der Waals surface area contributed by atoms with Crippen molar-refractivity contribution in [3.05, 3.63) is 29.6 Å². The van der Waals surface area contributed by atoms with Crippen molar-refractivity contribution >= 4 is 5.97 Å². The lowest BCUT2D eigenvalue weighted by Gasteiger charge is -2.40. The van der Waals surface area contributed by atoms with E-state index in [1.54, 1.807) is 0 Å². The van der Waals surface area contributed by atoms with Gasteiger partial charge in [-0.25, -0.2) is 0 Å². The van der Waals surface area contributed by atoms with E-state index in [1.165, 1.54) is 0 Å². The molecule has 2 rings (SSSR count). The molecule has 0 atom stereocenters. The summed E-state index contributed by atoms with van der Waals surface area (Å²) in [5.74, 6) is -0.750. The number of carboxylic acid groups (broad SMARTS) is 1. The summed E-state index contributed by atoms with van der Waals surface area (Å²) in [5, 5.41) is 8.95. The highest BCUT2D eigenvalue weighted by Crippen LogP contribution is 2.45. The Morgan fingerprint density at radius 3 is 2.75 bits per heavy atom. The summed E-state index contributed by atoms with van der Waals surface area (Å²) < 4.78 is 0. The van der Waals surface area contributed by atoms with Crippen molar-refractivity contribution in [2.75, 3.05) is 0 Å². The lowest BCUT2D eigenvalue weighted by atomic mass is 9.64. The molecular formula is C12H16N2O2. The molecule has 16 heavy (non-hydrogen) atoms. The Bertz CT molecular complexity index is 400. The van der Waals surface area contributed by atoms with Crippen molar-refractivity contribution in [1.82, 2.24) is 4.98 Å². The maximum absolute atomic E-state index is 10.9. The highest BCUT2D eigenvalue weighted by molar-refractivity contribution is 5.69. The molecule has 1 aliphatic carbocycles. The first-order chi connectivity index (χ1) is 7.66. The van der Waals surface area contributed by atoms with Gasteiger partial charge in [-0.05, 0) is 25.0 Å². The molecule has 0 spiro atoms. The zero-order valence-corrected chi connectivity index (χ0v) is 9.15. The lowest BCUT2D eigenvalue weighted by molar-refractivity contribution is -0.139. The topological polar surface area (TPSA) is 76.2 Å². The van der Waals surface area contributed by atoms with Crippen molar-refractivity contribution in [3.63, 3.8) is 0 Å². The molecule has 0 radical (unpaired) electrons. The van der Waals surface area contributed by atoms with Crippen molar-refractivity contribution < 1.29 is 9.90 Å². The number of aromatic nitrogens is 1. The first kappa shape index (κ1) is 11.1. The quantitative estimate of drug-likeness (QED) is 0.805. The Labute approximate surface area is 94.5 Å². The fraction of sp³-hybridized carbons (Fsp3) is 0.500. The number of pyridine rings is 1. The number of carboxylic acids is 1. The Morgan fingerprint density at radius 1 is 1.50 bits per heavy atom. The van der Waals surface area contributed by atoms with Gasteiger partial charge < -0.3 is 10.8 Å². The van der Waals surface area contributed by atoms with Gasteiger partial charge in [0.05, 0.1) is 12.1 Å². The minimum Gasteiger partial charge on any atom is -0.481 e. The number of hydrogen-bond acceptors (Lipinski definition) is 3. The smallest absolute Gasteiger partial charge is 0.304 e. The van der Waals surface area contributed by atoms with Crippen LogP contribution in [0.5, 0.6) is 0 Å². The minimum absolute atomic E-state index is 0.175. The highest BCUT2D eigenvalue weighted by Gasteiger charge is 2.41. The van der Waals surface area contributed by atoms with Crippen molar-refractivity contribution in [2.45, 2.75) is 37.6 Å². The van der Waals surface area contributed by atoms with Crippen LogP contribution in [0, 0.1) is 0 Å². The van der Waals surface area contributed by atoms with Crippen molar-refractivity contribution in [1.29, 1.82) is 0 Å². The second-order valence-electron chi connectivity index (χ2n) is 4.42. The predicted octanol–water partition coefficient (Wildman–Crippen LogP) is 1.44. The number of carbonyl (C=O) groups is 1. The van der Waals surface area contributed by atoms with Crippen LogP contribution in [0.2, 0.25) is 0 Å². The predicted molar refractivity (Wildman–Crippen MR) is 59.9 cm³/mol. The van der Waals surface area contributed by atoms with E-state index in [0.717, 1.165) is 30.7 Å². The zero-order chi connectivity index (χ0) is 11.6. The molecule has 0 amide bonds. The second-order valence-corrected chi connectivity index (χ2v) is 4.42. The highest BCUT2D eigenvalue weighted by atomic mass is 16.4. The van der Waals surface area contributed by atoms with Crippen LogP contribution in [-0.2, 0) is 16.8 Å². The summed E-state index contributed by atoms with van der Waals surface area (Å²) in [6, 6.07) is 5.70. The normalized spacial score (nSPS) is 17.8. The second kappa shape index (κ2) is 4.22. The average molecular weight is 220 g/mol. The molecule has 1 aromatic heterocycles. The third-order valence-corrected chi connectivity index (χ3v) is 3.36. The Kier molecular flexibility index (Phi) is 2.92. The fourth-order valence-corrected chi connectivity index (χ4v) is 2.31. The largest absolute Gasteiger partial charge is 0.481 e. The molecule has 86 valence electrons. The van der Waals surface area contributed by atoms with Gasteiger partial charge in [0.25, 0.3) is 0 Å². The Hall–Kier alpha value is -1.42. The van der Waals surface area contributed by atoms with E-state index in [-0.39, 0.29) is 11.8 Å². The standard InChI is InChI=1S/C12H16N2O2/c13-8-9-3-1-4-10(14-9)12(5-2-6-12)7-11(15)16/h1,3-4H,2,5-8,13H2,(H,15,16). The van der Waals surface area contributed by atoms with Gasteiger partial charge in [-0.15, -0.1) is 0 Å². The molecule has 0 saturated heterocycles. The third-order valence-electron chi connectivity index (χ3n) is 3.36. The number of nitrogens with two attached hydrogens (primary N) is 1. The van der Waals surface area contributed by atoms with Gasteiger partial charge in [0, 0.05) is 17.7 Å². The van der Waals surface area contributed by atoms with Crippen LogP contribution >= 0.6 is 0 Å². The van der Waals surface area contributed by atoms with Crippen LogP contribution in [0.1, 0.15) is 37.1 Å². The van der Waals surface area contributed by atoms with Crippen LogP contribution in [0.3, 0.4) is 0 Å². The van der Waals surface area contributed by atoms with Gasteiger partial charge in [0.1, 0.15) is 0 Å². The molecule has 1 fully saturated rings. The van der Waals surface area contributed by atoms with Gasteiger partial charge in [-0.1, -0.05) is 12.5 Å². The van der Waals surface area contributed by atoms with E-state index in [9.17, 15) is 4.79 Å². The molecule has 4 heteroatoms. The molecule has 3 N–H and O–H groups in total. The zero-order valence-electron chi connectivity index (χ0n) is 9.15. The molecule has 1 aliphatic rings. The molecule has 0 aromatic carbocycles. The Morgan fingerprint density at radius 2 is 2.25 bits per heavy atom. The fourth-order valence-electron chi connectivity index (χ4n) is 2.31. The van der Waals surface area contributed by atoms with E-state index in [1.807, 2.05) is 18.2 Å². The summed E-state index contributed by atoms with van der Waals surface area (Å²) in [4.78, 5) is 15.3. The third kappa shape index (κ3) is 1.93.